The Kier molecular flexibility index (Phi) is 8.79. The minimum absolute atomic E-state index is 0.340. The van der Waals surface area contributed by atoms with Crippen LogP contribution >= 0.6 is 0 Å². The normalized spacial score (nSPS) is 27.0. The molecule has 0 aromatic rings. The molecule has 3 unspecified atom stereocenters. The Labute approximate surface area is 130 Å². The Morgan fingerprint density at radius 1 is 1.05 bits per heavy atom. The lowest BCUT2D eigenvalue weighted by atomic mass is 9.70. The van der Waals surface area contributed by atoms with E-state index in [1.165, 1.54) is 19.3 Å². The Hall–Kier alpha value is -0.160. The van der Waals surface area contributed by atoms with Gasteiger partial charge in [-0.3, -0.25) is 0 Å². The van der Waals surface area contributed by atoms with Gasteiger partial charge < -0.3 is 19.5 Å². The van der Waals surface area contributed by atoms with E-state index >= 15 is 0 Å². The van der Waals surface area contributed by atoms with Crippen LogP contribution in [0.25, 0.3) is 0 Å². The van der Waals surface area contributed by atoms with E-state index in [9.17, 15) is 0 Å². The average molecular weight is 301 g/mol. The number of rotatable bonds is 9. The summed E-state index contributed by atoms with van der Waals surface area (Å²) in [5.41, 5.74) is 0.379. The van der Waals surface area contributed by atoms with Gasteiger partial charge in [-0.25, -0.2) is 0 Å². The van der Waals surface area contributed by atoms with E-state index < -0.39 is 0 Å². The maximum atomic E-state index is 6.14. The maximum absolute atomic E-state index is 6.14. The zero-order chi connectivity index (χ0) is 15.7. The summed E-state index contributed by atoms with van der Waals surface area (Å²) in [5.74, 6) is 0.755. The molecule has 21 heavy (non-hydrogen) atoms. The van der Waals surface area contributed by atoms with Crippen molar-refractivity contribution in [3.8, 4) is 0 Å². The van der Waals surface area contributed by atoms with E-state index in [-0.39, 0.29) is 0 Å². The van der Waals surface area contributed by atoms with E-state index in [2.05, 4.69) is 26.1 Å². The molecule has 3 atom stereocenters. The van der Waals surface area contributed by atoms with Gasteiger partial charge in [0.15, 0.2) is 0 Å². The van der Waals surface area contributed by atoms with Crippen LogP contribution in [0.1, 0.15) is 46.5 Å². The van der Waals surface area contributed by atoms with Gasteiger partial charge in [-0.05, 0) is 44.1 Å². The Bertz CT molecular complexity index is 265. The third-order valence-corrected chi connectivity index (χ3v) is 4.58. The standard InChI is InChI=1S/C17H35NO3/c1-17(2,3)14-7-8-15(18-4)16(13-14)21-10-6-9-20-12-11-19-5/h14-16,18H,6-13H2,1-5H3. The van der Waals surface area contributed by atoms with Crippen molar-refractivity contribution in [3.05, 3.63) is 0 Å². The lowest BCUT2D eigenvalue weighted by Gasteiger charge is -2.41. The van der Waals surface area contributed by atoms with Crippen molar-refractivity contribution in [1.82, 2.24) is 5.32 Å². The van der Waals surface area contributed by atoms with Crippen LogP contribution in [0, 0.1) is 11.3 Å². The highest BCUT2D eigenvalue weighted by Gasteiger charge is 2.35. The predicted octanol–water partition coefficient (Wildman–Crippen LogP) is 2.86. The van der Waals surface area contributed by atoms with Crippen molar-refractivity contribution in [2.75, 3.05) is 40.6 Å². The molecule has 4 heteroatoms. The van der Waals surface area contributed by atoms with E-state index in [4.69, 9.17) is 14.2 Å². The maximum Gasteiger partial charge on any atom is 0.0730 e. The van der Waals surface area contributed by atoms with Gasteiger partial charge in [0.2, 0.25) is 0 Å². The summed E-state index contributed by atoms with van der Waals surface area (Å²) in [6, 6.07) is 0.498. The van der Waals surface area contributed by atoms with Gasteiger partial charge in [0.05, 0.1) is 19.3 Å². The second kappa shape index (κ2) is 9.78. The van der Waals surface area contributed by atoms with Crippen molar-refractivity contribution in [2.24, 2.45) is 11.3 Å². The van der Waals surface area contributed by atoms with Crippen LogP contribution < -0.4 is 5.32 Å². The first-order valence-electron chi connectivity index (χ1n) is 8.34. The van der Waals surface area contributed by atoms with E-state index in [0.717, 1.165) is 25.6 Å². The Morgan fingerprint density at radius 3 is 2.43 bits per heavy atom. The molecule has 0 radical (unpaired) electrons. The predicted molar refractivity (Wildman–Crippen MR) is 86.7 cm³/mol. The molecule has 0 amide bonds. The number of methoxy groups -OCH3 is 1. The molecule has 126 valence electrons. The first kappa shape index (κ1) is 18.9. The Balaban J connectivity index is 2.26. The fourth-order valence-corrected chi connectivity index (χ4v) is 3.07. The molecule has 0 bridgehead atoms. The van der Waals surface area contributed by atoms with Gasteiger partial charge in [-0.15, -0.1) is 0 Å². The second-order valence-corrected chi connectivity index (χ2v) is 7.14. The third kappa shape index (κ3) is 7.09. The molecule has 0 aromatic heterocycles. The van der Waals surface area contributed by atoms with Gasteiger partial charge in [-0.1, -0.05) is 20.8 Å². The lowest BCUT2D eigenvalue weighted by Crippen LogP contribution is -2.46. The summed E-state index contributed by atoms with van der Waals surface area (Å²) in [6.07, 6.45) is 4.98. The average Bonchev–Trinajstić information content (AvgIpc) is 2.45. The monoisotopic (exact) mass is 301 g/mol. The zero-order valence-electron chi connectivity index (χ0n) is 14.6. The SMILES string of the molecule is CNC1CCC(C(C)(C)C)CC1OCCCOCCOC. The summed E-state index contributed by atoms with van der Waals surface area (Å²) in [6.45, 7) is 9.91. The van der Waals surface area contributed by atoms with Crippen LogP contribution in [-0.4, -0.2) is 52.7 Å². The van der Waals surface area contributed by atoms with Gasteiger partial charge in [0.1, 0.15) is 0 Å². The van der Waals surface area contributed by atoms with Crippen molar-refractivity contribution >= 4 is 0 Å². The number of hydrogen-bond acceptors (Lipinski definition) is 4. The molecule has 0 aliphatic heterocycles. The van der Waals surface area contributed by atoms with Crippen molar-refractivity contribution < 1.29 is 14.2 Å². The molecule has 1 N–H and O–H groups in total. The molecule has 1 fully saturated rings. The summed E-state index contributed by atoms with van der Waals surface area (Å²) in [4.78, 5) is 0. The minimum Gasteiger partial charge on any atom is -0.382 e. The highest BCUT2D eigenvalue weighted by Crippen LogP contribution is 2.38. The largest absolute Gasteiger partial charge is 0.382 e. The lowest BCUT2D eigenvalue weighted by molar-refractivity contribution is -0.0341. The molecule has 0 heterocycles. The summed E-state index contributed by atoms with van der Waals surface area (Å²) in [7, 11) is 3.74. The van der Waals surface area contributed by atoms with Crippen LogP contribution in [0.5, 0.6) is 0 Å². The molecule has 1 aliphatic carbocycles. The highest BCUT2D eigenvalue weighted by molar-refractivity contribution is 4.89. The zero-order valence-corrected chi connectivity index (χ0v) is 14.6. The van der Waals surface area contributed by atoms with Crippen LogP contribution in [0.4, 0.5) is 0 Å². The van der Waals surface area contributed by atoms with E-state index in [0.29, 0.717) is 30.8 Å². The molecule has 0 spiro atoms. The van der Waals surface area contributed by atoms with Crippen molar-refractivity contribution in [2.45, 2.75) is 58.6 Å². The fourth-order valence-electron chi connectivity index (χ4n) is 3.07. The number of nitrogens with one attached hydrogen (secondary N) is 1. The van der Waals surface area contributed by atoms with E-state index in [1.54, 1.807) is 7.11 Å². The van der Waals surface area contributed by atoms with Crippen LogP contribution in [0.3, 0.4) is 0 Å². The molecule has 4 nitrogen and oxygen atoms in total. The third-order valence-electron chi connectivity index (χ3n) is 4.58. The highest BCUT2D eigenvalue weighted by atomic mass is 16.5. The minimum atomic E-state index is 0.340. The van der Waals surface area contributed by atoms with Gasteiger partial charge >= 0.3 is 0 Å². The fraction of sp³-hybridized carbons (Fsp3) is 1.00. The topological polar surface area (TPSA) is 39.7 Å². The first-order chi connectivity index (χ1) is 9.99. The Morgan fingerprint density at radius 2 is 1.81 bits per heavy atom. The molecular formula is C17H35NO3. The first-order valence-corrected chi connectivity index (χ1v) is 8.34. The summed E-state index contributed by atoms with van der Waals surface area (Å²) in [5, 5.41) is 3.42. The second-order valence-electron chi connectivity index (χ2n) is 7.14. The molecular weight excluding hydrogens is 266 g/mol. The van der Waals surface area contributed by atoms with Crippen molar-refractivity contribution in [3.63, 3.8) is 0 Å². The van der Waals surface area contributed by atoms with Gasteiger partial charge in [0.25, 0.3) is 0 Å². The van der Waals surface area contributed by atoms with Crippen LogP contribution in [0.15, 0.2) is 0 Å². The van der Waals surface area contributed by atoms with Gasteiger partial charge in [0, 0.05) is 26.4 Å². The number of hydrogen-bond donors (Lipinski definition) is 1. The number of likely N-dealkylation sites (N-methyl/N-ethyl adjacent to an activating group) is 1. The van der Waals surface area contributed by atoms with E-state index in [1.807, 2.05) is 7.05 Å². The van der Waals surface area contributed by atoms with Crippen molar-refractivity contribution in [1.29, 1.82) is 0 Å². The molecule has 0 saturated heterocycles. The van der Waals surface area contributed by atoms with Crippen LogP contribution in [0.2, 0.25) is 0 Å². The molecule has 1 rings (SSSR count). The summed E-state index contributed by atoms with van der Waals surface area (Å²) >= 11 is 0. The smallest absolute Gasteiger partial charge is 0.0730 e. The molecule has 1 saturated carbocycles. The summed E-state index contributed by atoms with van der Waals surface area (Å²) < 4.78 is 16.6. The quantitative estimate of drug-likeness (QED) is 0.665. The molecule has 0 aromatic carbocycles. The molecule has 1 aliphatic rings. The van der Waals surface area contributed by atoms with Gasteiger partial charge in [-0.2, -0.15) is 0 Å². The van der Waals surface area contributed by atoms with Crippen LogP contribution in [-0.2, 0) is 14.2 Å². The number of ether oxygens (including phenoxy) is 3.